The Bertz CT molecular complexity index is 642. The van der Waals surface area contributed by atoms with E-state index in [4.69, 9.17) is 0 Å². The van der Waals surface area contributed by atoms with Crippen molar-refractivity contribution in [3.8, 4) is 11.3 Å². The minimum Gasteiger partial charge on any atom is -0.296 e. The summed E-state index contributed by atoms with van der Waals surface area (Å²) in [5, 5.41) is 6.51. The van der Waals surface area contributed by atoms with Crippen molar-refractivity contribution in [2.45, 2.75) is 4.90 Å². The standard InChI is InChI=1S/C11H10N2O3S/c1-17(15,16)10-4-2-8(3-5-10)11-6-9(7-14)12-13-11/h2-7H,1H3,(H,12,13). The Balaban J connectivity index is 2.38. The highest BCUT2D eigenvalue weighted by Gasteiger charge is 2.08. The summed E-state index contributed by atoms with van der Waals surface area (Å²) < 4.78 is 22.5. The minimum atomic E-state index is -3.19. The number of carbonyl (C=O) groups excluding carboxylic acids is 1. The zero-order valence-corrected chi connectivity index (χ0v) is 9.86. The number of aromatic nitrogens is 2. The van der Waals surface area contributed by atoms with Gasteiger partial charge in [0.2, 0.25) is 0 Å². The molecule has 5 nitrogen and oxygen atoms in total. The first-order chi connectivity index (χ1) is 8.00. The van der Waals surface area contributed by atoms with Crippen molar-refractivity contribution >= 4 is 16.1 Å². The van der Waals surface area contributed by atoms with Gasteiger partial charge >= 0.3 is 0 Å². The Morgan fingerprint density at radius 2 is 1.88 bits per heavy atom. The van der Waals surface area contributed by atoms with Gasteiger partial charge in [-0.3, -0.25) is 9.89 Å². The van der Waals surface area contributed by atoms with Crippen LogP contribution in [0, 0.1) is 0 Å². The predicted molar refractivity (Wildman–Crippen MR) is 62.5 cm³/mol. The maximum Gasteiger partial charge on any atom is 0.175 e. The molecular formula is C11H10N2O3S. The molecule has 0 unspecified atom stereocenters. The molecule has 2 rings (SSSR count). The second-order valence-corrected chi connectivity index (χ2v) is 5.64. The van der Waals surface area contributed by atoms with Crippen LogP contribution < -0.4 is 0 Å². The Labute approximate surface area is 98.4 Å². The van der Waals surface area contributed by atoms with E-state index in [0.717, 1.165) is 11.8 Å². The van der Waals surface area contributed by atoms with E-state index >= 15 is 0 Å². The van der Waals surface area contributed by atoms with Gasteiger partial charge in [-0.25, -0.2) is 8.42 Å². The van der Waals surface area contributed by atoms with Crippen molar-refractivity contribution in [1.82, 2.24) is 10.2 Å². The van der Waals surface area contributed by atoms with Crippen LogP contribution in [0.5, 0.6) is 0 Å². The van der Waals surface area contributed by atoms with Crippen molar-refractivity contribution < 1.29 is 13.2 Å². The number of hydrogen-bond donors (Lipinski definition) is 1. The molecule has 0 fully saturated rings. The third-order valence-electron chi connectivity index (χ3n) is 2.30. The fourth-order valence-corrected chi connectivity index (χ4v) is 2.05. The molecule has 0 radical (unpaired) electrons. The van der Waals surface area contributed by atoms with Gasteiger partial charge in [-0.15, -0.1) is 0 Å². The summed E-state index contributed by atoms with van der Waals surface area (Å²) >= 11 is 0. The van der Waals surface area contributed by atoms with Crippen molar-refractivity contribution in [2.75, 3.05) is 6.26 Å². The van der Waals surface area contributed by atoms with Crippen LogP contribution in [0.3, 0.4) is 0 Å². The van der Waals surface area contributed by atoms with E-state index in [9.17, 15) is 13.2 Å². The number of sulfone groups is 1. The van der Waals surface area contributed by atoms with Crippen LogP contribution >= 0.6 is 0 Å². The summed E-state index contributed by atoms with van der Waals surface area (Å²) in [5.41, 5.74) is 1.74. The second-order valence-electron chi connectivity index (χ2n) is 3.62. The molecule has 1 aromatic carbocycles. The largest absolute Gasteiger partial charge is 0.296 e. The fourth-order valence-electron chi connectivity index (χ4n) is 1.42. The lowest BCUT2D eigenvalue weighted by Gasteiger charge is -1.99. The van der Waals surface area contributed by atoms with Crippen LogP contribution in [0.1, 0.15) is 10.5 Å². The van der Waals surface area contributed by atoms with Crippen LogP contribution in [0.4, 0.5) is 0 Å². The molecule has 0 spiro atoms. The maximum absolute atomic E-state index is 11.3. The molecule has 0 aliphatic heterocycles. The van der Waals surface area contributed by atoms with Crippen LogP contribution in [0.25, 0.3) is 11.3 Å². The first kappa shape index (κ1) is 11.5. The number of aromatic amines is 1. The second kappa shape index (κ2) is 4.14. The van der Waals surface area contributed by atoms with E-state index in [0.29, 0.717) is 17.7 Å². The van der Waals surface area contributed by atoms with Gasteiger partial charge < -0.3 is 0 Å². The van der Waals surface area contributed by atoms with Gasteiger partial charge in [0.25, 0.3) is 0 Å². The van der Waals surface area contributed by atoms with E-state index in [2.05, 4.69) is 10.2 Å². The number of nitrogens with zero attached hydrogens (tertiary/aromatic N) is 1. The minimum absolute atomic E-state index is 0.257. The van der Waals surface area contributed by atoms with Crippen LogP contribution in [0.15, 0.2) is 35.2 Å². The fraction of sp³-hybridized carbons (Fsp3) is 0.0909. The average molecular weight is 250 g/mol. The molecule has 0 aliphatic carbocycles. The predicted octanol–water partition coefficient (Wildman–Crippen LogP) is 1.29. The molecule has 2 aromatic rings. The highest BCUT2D eigenvalue weighted by Crippen LogP contribution is 2.19. The average Bonchev–Trinajstić information content (AvgIpc) is 2.76. The number of H-pyrrole nitrogens is 1. The highest BCUT2D eigenvalue weighted by molar-refractivity contribution is 7.90. The highest BCUT2D eigenvalue weighted by atomic mass is 32.2. The quantitative estimate of drug-likeness (QED) is 0.832. The summed E-state index contributed by atoms with van der Waals surface area (Å²) in [6, 6.07) is 7.94. The topological polar surface area (TPSA) is 79.9 Å². The van der Waals surface area contributed by atoms with E-state index in [1.807, 2.05) is 0 Å². The molecule has 17 heavy (non-hydrogen) atoms. The third kappa shape index (κ3) is 2.42. The van der Waals surface area contributed by atoms with Gasteiger partial charge in [0.05, 0.1) is 16.3 Å². The van der Waals surface area contributed by atoms with Gasteiger partial charge in [0.1, 0.15) is 0 Å². The summed E-state index contributed by atoms with van der Waals surface area (Å²) in [7, 11) is -3.19. The molecule has 0 atom stereocenters. The number of aldehydes is 1. The lowest BCUT2D eigenvalue weighted by Crippen LogP contribution is -1.96. The number of benzene rings is 1. The number of nitrogens with one attached hydrogen (secondary N) is 1. The molecule has 88 valence electrons. The molecule has 6 heteroatoms. The molecule has 1 heterocycles. The molecular weight excluding hydrogens is 240 g/mol. The van der Waals surface area contributed by atoms with E-state index in [1.165, 1.54) is 12.1 Å². The van der Waals surface area contributed by atoms with Crippen molar-refractivity contribution in [3.05, 3.63) is 36.0 Å². The van der Waals surface area contributed by atoms with Gasteiger partial charge in [-0.1, -0.05) is 12.1 Å². The molecule has 0 saturated carbocycles. The summed E-state index contributed by atoms with van der Waals surface area (Å²) in [5.74, 6) is 0. The van der Waals surface area contributed by atoms with Crippen molar-refractivity contribution in [3.63, 3.8) is 0 Å². The SMILES string of the molecule is CS(=O)(=O)c1ccc(-c2cc(C=O)[nH]n2)cc1. The van der Waals surface area contributed by atoms with Gasteiger partial charge in [0, 0.05) is 11.8 Å². The lowest BCUT2D eigenvalue weighted by atomic mass is 10.1. The van der Waals surface area contributed by atoms with E-state index in [1.54, 1.807) is 18.2 Å². The molecule has 0 aliphatic rings. The Hall–Kier alpha value is -1.95. The smallest absolute Gasteiger partial charge is 0.175 e. The van der Waals surface area contributed by atoms with Crippen molar-refractivity contribution in [2.24, 2.45) is 0 Å². The Kier molecular flexibility index (Phi) is 2.81. The maximum atomic E-state index is 11.3. The third-order valence-corrected chi connectivity index (χ3v) is 3.43. The van der Waals surface area contributed by atoms with Gasteiger partial charge in [-0.05, 0) is 18.2 Å². The van der Waals surface area contributed by atoms with Gasteiger partial charge in [0.15, 0.2) is 16.1 Å². The molecule has 1 N–H and O–H groups in total. The van der Waals surface area contributed by atoms with Crippen LogP contribution in [-0.2, 0) is 9.84 Å². The monoisotopic (exact) mass is 250 g/mol. The van der Waals surface area contributed by atoms with E-state index in [-0.39, 0.29) is 4.90 Å². The Morgan fingerprint density at radius 1 is 1.24 bits per heavy atom. The lowest BCUT2D eigenvalue weighted by molar-refractivity contribution is 0.111. The summed E-state index contributed by atoms with van der Waals surface area (Å²) in [6.45, 7) is 0. The number of rotatable bonds is 3. The zero-order chi connectivity index (χ0) is 12.5. The Morgan fingerprint density at radius 3 is 2.35 bits per heavy atom. The molecule has 1 aromatic heterocycles. The number of hydrogen-bond acceptors (Lipinski definition) is 4. The summed E-state index contributed by atoms with van der Waals surface area (Å²) in [6.07, 6.45) is 1.82. The summed E-state index contributed by atoms with van der Waals surface area (Å²) in [4.78, 5) is 10.7. The molecule has 0 saturated heterocycles. The first-order valence-electron chi connectivity index (χ1n) is 4.82. The zero-order valence-electron chi connectivity index (χ0n) is 9.04. The van der Waals surface area contributed by atoms with Crippen LogP contribution in [0.2, 0.25) is 0 Å². The first-order valence-corrected chi connectivity index (χ1v) is 6.71. The molecule has 0 amide bonds. The normalized spacial score (nSPS) is 11.4. The van der Waals surface area contributed by atoms with E-state index < -0.39 is 9.84 Å². The van der Waals surface area contributed by atoms with Crippen LogP contribution in [-0.4, -0.2) is 31.2 Å². The molecule has 0 bridgehead atoms. The van der Waals surface area contributed by atoms with Crippen molar-refractivity contribution in [1.29, 1.82) is 0 Å². The van der Waals surface area contributed by atoms with Gasteiger partial charge in [-0.2, -0.15) is 5.10 Å². The number of carbonyl (C=O) groups is 1.